The molecule has 3 aromatic carbocycles. The second-order valence-electron chi connectivity index (χ2n) is 5.77. The van der Waals surface area contributed by atoms with Crippen LogP contribution in [0.3, 0.4) is 0 Å². The number of rotatable bonds is 5. The molecular weight excluding hydrogens is 390 g/mol. The highest BCUT2D eigenvalue weighted by Crippen LogP contribution is 2.30. The number of methoxy groups -OCH3 is 1. The average Bonchev–Trinajstić information content (AvgIpc) is 2.75. The molecule has 0 saturated carbocycles. The summed E-state index contributed by atoms with van der Waals surface area (Å²) < 4.78 is 20.2. The van der Waals surface area contributed by atoms with E-state index in [1.54, 1.807) is 60.7 Å². The van der Waals surface area contributed by atoms with Crippen LogP contribution in [0.25, 0.3) is 0 Å². The van der Waals surface area contributed by atoms with Gasteiger partial charge in [-0.3, -0.25) is 5.32 Å². The van der Waals surface area contributed by atoms with Gasteiger partial charge in [-0.05, 0) is 36.4 Å². The summed E-state index contributed by atoms with van der Waals surface area (Å²) in [4.78, 5) is 36.6. The molecule has 0 aliphatic carbocycles. The third-order valence-corrected chi connectivity index (χ3v) is 3.74. The lowest BCUT2D eigenvalue weighted by molar-refractivity contribution is 0.0597. The standard InChI is InChI=1S/C22H17NO7/c1-27-20(24)17-13-8-14-18(23-21(25)28-15-9-4-2-5-10-15)19(17)30-22(26)29-16-11-6-3-7-12-16/h2-14H,1H3,(H,23,25). The van der Waals surface area contributed by atoms with Crippen LogP contribution in [0.5, 0.6) is 17.2 Å². The minimum atomic E-state index is -1.10. The molecule has 3 rings (SSSR count). The predicted octanol–water partition coefficient (Wildman–Crippen LogP) is 4.66. The van der Waals surface area contributed by atoms with Crippen LogP contribution in [0.2, 0.25) is 0 Å². The van der Waals surface area contributed by atoms with E-state index in [1.165, 1.54) is 25.3 Å². The molecule has 0 fully saturated rings. The molecule has 0 unspecified atom stereocenters. The molecule has 8 heteroatoms. The van der Waals surface area contributed by atoms with Crippen molar-refractivity contribution in [3.8, 4) is 17.2 Å². The number of carbonyl (C=O) groups is 3. The normalized spacial score (nSPS) is 9.90. The van der Waals surface area contributed by atoms with E-state index in [2.05, 4.69) is 5.32 Å². The Kier molecular flexibility index (Phi) is 6.63. The van der Waals surface area contributed by atoms with E-state index in [-0.39, 0.29) is 22.7 Å². The van der Waals surface area contributed by atoms with Gasteiger partial charge in [-0.1, -0.05) is 42.5 Å². The molecule has 1 amide bonds. The van der Waals surface area contributed by atoms with E-state index < -0.39 is 18.2 Å². The van der Waals surface area contributed by atoms with Gasteiger partial charge in [0.2, 0.25) is 0 Å². The summed E-state index contributed by atoms with van der Waals surface area (Å²) in [6.07, 6.45) is -1.94. The highest BCUT2D eigenvalue weighted by atomic mass is 16.7. The fourth-order valence-corrected chi connectivity index (χ4v) is 2.44. The van der Waals surface area contributed by atoms with Gasteiger partial charge in [-0.2, -0.15) is 0 Å². The summed E-state index contributed by atoms with van der Waals surface area (Å²) in [5.41, 5.74) is -0.0659. The molecule has 8 nitrogen and oxygen atoms in total. The van der Waals surface area contributed by atoms with Crippen molar-refractivity contribution < 1.29 is 33.3 Å². The van der Waals surface area contributed by atoms with Crippen LogP contribution in [0.1, 0.15) is 10.4 Å². The summed E-state index contributed by atoms with van der Waals surface area (Å²) in [7, 11) is 1.18. The first-order valence-corrected chi connectivity index (χ1v) is 8.76. The minimum absolute atomic E-state index is 0.0174. The highest BCUT2D eigenvalue weighted by Gasteiger charge is 2.22. The van der Waals surface area contributed by atoms with Crippen LogP contribution in [0, 0.1) is 0 Å². The quantitative estimate of drug-likeness (QED) is 0.485. The van der Waals surface area contributed by atoms with Crippen LogP contribution in [-0.4, -0.2) is 25.3 Å². The SMILES string of the molecule is COC(=O)c1cccc(NC(=O)Oc2ccccc2)c1OC(=O)Oc1ccccc1. The van der Waals surface area contributed by atoms with E-state index in [4.69, 9.17) is 18.9 Å². The topological polar surface area (TPSA) is 100 Å². The highest BCUT2D eigenvalue weighted by molar-refractivity contribution is 5.98. The zero-order valence-electron chi connectivity index (χ0n) is 15.9. The zero-order chi connectivity index (χ0) is 21.3. The fourth-order valence-electron chi connectivity index (χ4n) is 2.44. The van der Waals surface area contributed by atoms with E-state index in [1.807, 2.05) is 0 Å². The number of ether oxygens (including phenoxy) is 4. The molecule has 0 radical (unpaired) electrons. The summed E-state index contributed by atoms with van der Waals surface area (Å²) in [6.45, 7) is 0. The third kappa shape index (κ3) is 5.35. The average molecular weight is 407 g/mol. The first-order chi connectivity index (χ1) is 14.6. The summed E-state index contributed by atoms with van der Waals surface area (Å²) in [5, 5.41) is 2.45. The minimum Gasteiger partial charge on any atom is -0.465 e. The number of carbonyl (C=O) groups excluding carboxylic acids is 3. The Morgan fingerprint density at radius 3 is 1.90 bits per heavy atom. The summed E-state index contributed by atoms with van der Waals surface area (Å²) in [6, 6.07) is 20.9. The van der Waals surface area contributed by atoms with Gasteiger partial charge in [0.05, 0.1) is 12.8 Å². The van der Waals surface area contributed by atoms with E-state index in [9.17, 15) is 14.4 Å². The number of esters is 1. The molecule has 0 atom stereocenters. The Bertz CT molecular complexity index is 1040. The molecule has 30 heavy (non-hydrogen) atoms. The van der Waals surface area contributed by atoms with Crippen LogP contribution >= 0.6 is 0 Å². The molecular formula is C22H17NO7. The van der Waals surface area contributed by atoms with Crippen molar-refractivity contribution in [2.75, 3.05) is 12.4 Å². The van der Waals surface area contributed by atoms with Crippen molar-refractivity contribution in [3.63, 3.8) is 0 Å². The second kappa shape index (κ2) is 9.74. The number of hydrogen-bond donors (Lipinski definition) is 1. The van der Waals surface area contributed by atoms with E-state index >= 15 is 0 Å². The number of para-hydroxylation sites is 3. The molecule has 0 aromatic heterocycles. The predicted molar refractivity (Wildman–Crippen MR) is 107 cm³/mol. The van der Waals surface area contributed by atoms with Crippen molar-refractivity contribution in [1.29, 1.82) is 0 Å². The number of amides is 1. The molecule has 0 heterocycles. The maximum Gasteiger partial charge on any atom is 0.519 e. The van der Waals surface area contributed by atoms with E-state index in [0.29, 0.717) is 5.75 Å². The van der Waals surface area contributed by atoms with Crippen molar-refractivity contribution in [1.82, 2.24) is 0 Å². The van der Waals surface area contributed by atoms with Gasteiger partial charge >= 0.3 is 18.2 Å². The molecule has 0 spiro atoms. The van der Waals surface area contributed by atoms with Crippen molar-refractivity contribution >= 4 is 23.9 Å². The van der Waals surface area contributed by atoms with Crippen LogP contribution in [0.15, 0.2) is 78.9 Å². The van der Waals surface area contributed by atoms with Crippen molar-refractivity contribution in [3.05, 3.63) is 84.4 Å². The van der Waals surface area contributed by atoms with Gasteiger partial charge in [0.25, 0.3) is 0 Å². The zero-order valence-corrected chi connectivity index (χ0v) is 15.9. The lowest BCUT2D eigenvalue weighted by Gasteiger charge is -2.14. The Morgan fingerprint density at radius 2 is 1.30 bits per heavy atom. The maximum absolute atomic E-state index is 12.2. The van der Waals surface area contributed by atoms with Crippen molar-refractivity contribution in [2.45, 2.75) is 0 Å². The Balaban J connectivity index is 1.82. The van der Waals surface area contributed by atoms with Gasteiger partial charge in [0.15, 0.2) is 5.75 Å². The number of nitrogens with one attached hydrogen (secondary N) is 1. The first kappa shape index (κ1) is 20.4. The molecule has 152 valence electrons. The summed E-state index contributed by atoms with van der Waals surface area (Å²) in [5.74, 6) is -0.450. The Morgan fingerprint density at radius 1 is 0.700 bits per heavy atom. The summed E-state index contributed by atoms with van der Waals surface area (Å²) >= 11 is 0. The van der Waals surface area contributed by atoms with Gasteiger partial charge in [-0.25, -0.2) is 14.4 Å². The molecule has 3 aromatic rings. The third-order valence-electron chi connectivity index (χ3n) is 3.74. The van der Waals surface area contributed by atoms with Crippen LogP contribution in [-0.2, 0) is 4.74 Å². The smallest absolute Gasteiger partial charge is 0.465 e. The van der Waals surface area contributed by atoms with Crippen LogP contribution < -0.4 is 19.5 Å². The van der Waals surface area contributed by atoms with E-state index in [0.717, 1.165) is 0 Å². The van der Waals surface area contributed by atoms with Gasteiger partial charge in [0, 0.05) is 0 Å². The number of benzene rings is 3. The fraction of sp³-hybridized carbons (Fsp3) is 0.0455. The molecule has 0 saturated heterocycles. The van der Waals surface area contributed by atoms with Crippen LogP contribution in [0.4, 0.5) is 15.3 Å². The van der Waals surface area contributed by atoms with Gasteiger partial charge in [-0.15, -0.1) is 0 Å². The lowest BCUT2D eigenvalue weighted by atomic mass is 10.1. The molecule has 1 N–H and O–H groups in total. The molecule has 0 aliphatic rings. The second-order valence-corrected chi connectivity index (χ2v) is 5.77. The first-order valence-electron chi connectivity index (χ1n) is 8.76. The molecule has 0 aliphatic heterocycles. The van der Waals surface area contributed by atoms with Gasteiger partial charge < -0.3 is 18.9 Å². The Hall–Kier alpha value is -4.33. The van der Waals surface area contributed by atoms with Gasteiger partial charge in [0.1, 0.15) is 17.1 Å². The monoisotopic (exact) mass is 407 g/mol. The van der Waals surface area contributed by atoms with Crippen molar-refractivity contribution in [2.24, 2.45) is 0 Å². The maximum atomic E-state index is 12.2. The largest absolute Gasteiger partial charge is 0.519 e. The number of hydrogen-bond acceptors (Lipinski definition) is 7. The molecule has 0 bridgehead atoms. The number of anilines is 1. The Labute approximate surface area is 171 Å². The lowest BCUT2D eigenvalue weighted by Crippen LogP contribution is -2.21.